The van der Waals surface area contributed by atoms with Crippen molar-refractivity contribution in [1.29, 1.82) is 0 Å². The van der Waals surface area contributed by atoms with Gasteiger partial charge in [0.25, 0.3) is 0 Å². The lowest BCUT2D eigenvalue weighted by molar-refractivity contribution is -0.137. The number of rotatable bonds is 2. The first-order chi connectivity index (χ1) is 6.56. The summed E-state index contributed by atoms with van der Waals surface area (Å²) in [5.41, 5.74) is 0. The summed E-state index contributed by atoms with van der Waals surface area (Å²) in [6.45, 7) is 5.81. The molecule has 2 atom stereocenters. The molecule has 82 valence electrons. The van der Waals surface area contributed by atoms with Crippen LogP contribution >= 0.6 is 0 Å². The fourth-order valence-electron chi connectivity index (χ4n) is 1.89. The number of hydrogen-bond donors (Lipinski definition) is 1. The van der Waals surface area contributed by atoms with E-state index in [2.05, 4.69) is 25.8 Å². The summed E-state index contributed by atoms with van der Waals surface area (Å²) in [7, 11) is 2.08. The lowest BCUT2D eigenvalue weighted by Crippen LogP contribution is -2.56. The van der Waals surface area contributed by atoms with Crippen molar-refractivity contribution in [2.75, 3.05) is 26.7 Å². The van der Waals surface area contributed by atoms with E-state index in [1.165, 1.54) is 0 Å². The molecule has 1 rings (SSSR count). The molecule has 4 nitrogen and oxygen atoms in total. The fraction of sp³-hybridized carbons (Fsp3) is 0.900. The third-order valence-corrected chi connectivity index (χ3v) is 2.94. The van der Waals surface area contributed by atoms with E-state index in [1.807, 2.05) is 4.90 Å². The average Bonchev–Trinajstić information content (AvgIpc) is 2.11. The summed E-state index contributed by atoms with van der Waals surface area (Å²) in [5.74, 6) is 0.0694. The van der Waals surface area contributed by atoms with E-state index < -0.39 is 0 Å². The largest absolute Gasteiger partial charge is 0.396 e. The molecule has 4 heteroatoms. The lowest BCUT2D eigenvalue weighted by atomic mass is 10.1. The number of aliphatic hydroxyl groups is 1. The molecule has 1 N–H and O–H groups in total. The Hall–Kier alpha value is -0.610. The minimum Gasteiger partial charge on any atom is -0.396 e. The van der Waals surface area contributed by atoms with Crippen molar-refractivity contribution in [1.82, 2.24) is 9.80 Å². The molecule has 0 aromatic heterocycles. The molecule has 0 spiro atoms. The van der Waals surface area contributed by atoms with Crippen LogP contribution < -0.4 is 0 Å². The zero-order chi connectivity index (χ0) is 10.7. The van der Waals surface area contributed by atoms with Crippen LogP contribution in [0.4, 0.5) is 0 Å². The lowest BCUT2D eigenvalue weighted by Gasteiger charge is -2.42. The van der Waals surface area contributed by atoms with E-state index in [1.54, 1.807) is 0 Å². The predicted molar refractivity (Wildman–Crippen MR) is 55.0 cm³/mol. The summed E-state index contributed by atoms with van der Waals surface area (Å²) < 4.78 is 0. The summed E-state index contributed by atoms with van der Waals surface area (Å²) in [4.78, 5) is 15.7. The van der Waals surface area contributed by atoms with Crippen LogP contribution in [0.2, 0.25) is 0 Å². The quantitative estimate of drug-likeness (QED) is 0.678. The highest BCUT2D eigenvalue weighted by Crippen LogP contribution is 2.14. The van der Waals surface area contributed by atoms with Crippen LogP contribution in [0.15, 0.2) is 0 Å². The minimum atomic E-state index is -0.0493. The Bertz CT molecular complexity index is 208. The van der Waals surface area contributed by atoms with E-state index in [-0.39, 0.29) is 25.0 Å². The highest BCUT2D eigenvalue weighted by atomic mass is 16.3. The number of amides is 1. The summed E-state index contributed by atoms with van der Waals surface area (Å²) in [5, 5.41) is 8.71. The van der Waals surface area contributed by atoms with Crippen molar-refractivity contribution in [2.24, 2.45) is 0 Å². The molecule has 1 heterocycles. The van der Waals surface area contributed by atoms with E-state index in [4.69, 9.17) is 5.11 Å². The molecule has 0 bridgehead atoms. The van der Waals surface area contributed by atoms with Crippen LogP contribution in [-0.2, 0) is 4.79 Å². The summed E-state index contributed by atoms with van der Waals surface area (Å²) in [6, 6.07) is 0.670. The van der Waals surface area contributed by atoms with Crippen molar-refractivity contribution < 1.29 is 9.90 Å². The van der Waals surface area contributed by atoms with Gasteiger partial charge in [0.15, 0.2) is 0 Å². The van der Waals surface area contributed by atoms with Crippen LogP contribution in [0.1, 0.15) is 20.3 Å². The van der Waals surface area contributed by atoms with Crippen molar-refractivity contribution in [3.8, 4) is 0 Å². The first kappa shape index (κ1) is 11.5. The number of piperazine rings is 1. The standard InChI is InChI=1S/C10H20N2O2/c1-8-7-12(10(14)4-5-13)9(2)6-11(8)3/h8-9,13H,4-7H2,1-3H3. The first-order valence-electron chi connectivity index (χ1n) is 5.16. The maximum atomic E-state index is 11.6. The van der Waals surface area contributed by atoms with Gasteiger partial charge in [0.05, 0.1) is 6.61 Å². The Morgan fingerprint density at radius 3 is 2.57 bits per heavy atom. The molecule has 14 heavy (non-hydrogen) atoms. The molecule has 1 saturated heterocycles. The molecule has 0 aromatic carbocycles. The van der Waals surface area contributed by atoms with Gasteiger partial charge in [-0.05, 0) is 20.9 Å². The van der Waals surface area contributed by atoms with Crippen molar-refractivity contribution in [2.45, 2.75) is 32.4 Å². The fourth-order valence-corrected chi connectivity index (χ4v) is 1.89. The smallest absolute Gasteiger partial charge is 0.225 e. The number of nitrogens with zero attached hydrogens (tertiary/aromatic N) is 2. The highest BCUT2D eigenvalue weighted by Gasteiger charge is 2.29. The van der Waals surface area contributed by atoms with E-state index >= 15 is 0 Å². The SMILES string of the molecule is CC1CN(C(=O)CCO)C(C)CN1C. The van der Waals surface area contributed by atoms with Gasteiger partial charge in [0.2, 0.25) is 5.91 Å². The Balaban J connectivity index is 2.56. The van der Waals surface area contributed by atoms with Gasteiger partial charge in [0.1, 0.15) is 0 Å². The van der Waals surface area contributed by atoms with Crippen molar-refractivity contribution in [3.63, 3.8) is 0 Å². The zero-order valence-corrected chi connectivity index (χ0v) is 9.23. The molecule has 1 fully saturated rings. The molecule has 0 radical (unpaired) electrons. The molecule has 2 unspecified atom stereocenters. The van der Waals surface area contributed by atoms with Gasteiger partial charge in [-0.15, -0.1) is 0 Å². The summed E-state index contributed by atoms with van der Waals surface area (Å²) >= 11 is 0. The van der Waals surface area contributed by atoms with Gasteiger partial charge in [-0.3, -0.25) is 9.69 Å². The molecule has 0 aromatic rings. The molecule has 1 aliphatic rings. The van der Waals surface area contributed by atoms with Crippen molar-refractivity contribution >= 4 is 5.91 Å². The maximum Gasteiger partial charge on any atom is 0.225 e. The van der Waals surface area contributed by atoms with Crippen LogP contribution in [0.3, 0.4) is 0 Å². The average molecular weight is 200 g/mol. The van der Waals surface area contributed by atoms with Crippen LogP contribution in [0.5, 0.6) is 0 Å². The Labute approximate surface area is 85.5 Å². The Morgan fingerprint density at radius 2 is 2.00 bits per heavy atom. The topological polar surface area (TPSA) is 43.8 Å². The molecule has 0 saturated carbocycles. The third-order valence-electron chi connectivity index (χ3n) is 2.94. The Morgan fingerprint density at radius 1 is 1.36 bits per heavy atom. The number of aliphatic hydroxyl groups excluding tert-OH is 1. The monoisotopic (exact) mass is 200 g/mol. The normalized spacial score (nSPS) is 29.3. The second-order valence-electron chi connectivity index (χ2n) is 4.16. The molecular formula is C10H20N2O2. The number of hydrogen-bond acceptors (Lipinski definition) is 3. The van der Waals surface area contributed by atoms with Gasteiger partial charge in [0, 0.05) is 31.6 Å². The van der Waals surface area contributed by atoms with Crippen LogP contribution in [0, 0.1) is 0 Å². The predicted octanol–water partition coefficient (Wildman–Crippen LogP) is -0.0802. The summed E-state index contributed by atoms with van der Waals surface area (Å²) in [6.07, 6.45) is 0.251. The molecule has 0 aliphatic carbocycles. The van der Waals surface area contributed by atoms with E-state index in [9.17, 15) is 4.79 Å². The van der Waals surface area contributed by atoms with Crippen LogP contribution in [-0.4, -0.2) is 59.6 Å². The molecule has 1 amide bonds. The number of likely N-dealkylation sites (N-methyl/N-ethyl adjacent to an activating group) is 1. The Kier molecular flexibility index (Phi) is 3.89. The number of carbonyl (C=O) groups excluding carboxylic acids is 1. The molecule has 1 aliphatic heterocycles. The zero-order valence-electron chi connectivity index (χ0n) is 9.23. The first-order valence-corrected chi connectivity index (χ1v) is 5.16. The highest BCUT2D eigenvalue weighted by molar-refractivity contribution is 5.76. The van der Waals surface area contributed by atoms with E-state index in [0.717, 1.165) is 13.1 Å². The number of carbonyl (C=O) groups is 1. The second-order valence-corrected chi connectivity index (χ2v) is 4.16. The van der Waals surface area contributed by atoms with Gasteiger partial charge in [-0.2, -0.15) is 0 Å². The van der Waals surface area contributed by atoms with Gasteiger partial charge in [-0.1, -0.05) is 0 Å². The van der Waals surface area contributed by atoms with Gasteiger partial charge in [-0.25, -0.2) is 0 Å². The molecular weight excluding hydrogens is 180 g/mol. The van der Waals surface area contributed by atoms with Gasteiger partial charge < -0.3 is 10.0 Å². The van der Waals surface area contributed by atoms with E-state index in [0.29, 0.717) is 6.04 Å². The van der Waals surface area contributed by atoms with Crippen LogP contribution in [0.25, 0.3) is 0 Å². The third kappa shape index (κ3) is 2.45. The second kappa shape index (κ2) is 4.75. The van der Waals surface area contributed by atoms with Crippen molar-refractivity contribution in [3.05, 3.63) is 0 Å². The maximum absolute atomic E-state index is 11.6. The minimum absolute atomic E-state index is 0.0493. The van der Waals surface area contributed by atoms with Gasteiger partial charge >= 0.3 is 0 Å².